The molecule has 0 amide bonds. The predicted molar refractivity (Wildman–Crippen MR) is 71.5 cm³/mol. The van der Waals surface area contributed by atoms with Crippen molar-refractivity contribution in [1.82, 2.24) is 9.97 Å². The number of aromatic amines is 1. The number of aromatic nitrogens is 2. The van der Waals surface area contributed by atoms with Crippen molar-refractivity contribution >= 4 is 28.4 Å². The Bertz CT molecular complexity index is 433. The summed E-state index contributed by atoms with van der Waals surface area (Å²) in [7, 11) is 0. The number of nitrogens with zero attached hydrogens (tertiary/aromatic N) is 2. The average molecular weight is 334 g/mol. The first-order chi connectivity index (χ1) is 7.65. The largest absolute Gasteiger partial charge is 0.351 e. The molecule has 16 heavy (non-hydrogen) atoms. The van der Waals surface area contributed by atoms with Crippen molar-refractivity contribution in [1.29, 1.82) is 0 Å². The van der Waals surface area contributed by atoms with Crippen molar-refractivity contribution in [3.8, 4) is 0 Å². The van der Waals surface area contributed by atoms with E-state index in [0.717, 1.165) is 18.8 Å². The molecule has 0 bridgehead atoms. The molecule has 1 fully saturated rings. The molecule has 0 spiro atoms. The molecule has 2 atom stereocenters. The third-order valence-corrected chi connectivity index (χ3v) is 4.15. The molecule has 3 N–H and O–H groups in total. The van der Waals surface area contributed by atoms with Gasteiger partial charge in [-0.3, -0.25) is 4.79 Å². The fraction of sp³-hybridized carbons (Fsp3) is 0.600. The molecule has 2 unspecified atom stereocenters. The van der Waals surface area contributed by atoms with Crippen LogP contribution in [0.1, 0.15) is 13.3 Å². The molecular weight excluding hydrogens is 319 g/mol. The standard InChI is InChI=1S/C10H15IN4O/c1-6-2-3-15(7(6)4-12)9-8(11)10(16)14-5-13-9/h5-7H,2-4,12H2,1H3,(H,13,14,16). The van der Waals surface area contributed by atoms with Crippen molar-refractivity contribution in [2.45, 2.75) is 19.4 Å². The maximum atomic E-state index is 11.5. The first-order valence-electron chi connectivity index (χ1n) is 5.35. The second kappa shape index (κ2) is 4.70. The van der Waals surface area contributed by atoms with Crippen LogP contribution in [0.15, 0.2) is 11.1 Å². The summed E-state index contributed by atoms with van der Waals surface area (Å²) in [5.74, 6) is 1.33. The molecule has 0 aliphatic carbocycles. The van der Waals surface area contributed by atoms with E-state index >= 15 is 0 Å². The number of hydrogen-bond donors (Lipinski definition) is 2. The minimum Gasteiger partial charge on any atom is -0.351 e. The number of nitrogens with two attached hydrogens (primary N) is 1. The number of H-pyrrole nitrogens is 1. The quantitative estimate of drug-likeness (QED) is 0.775. The van der Waals surface area contributed by atoms with E-state index in [1.165, 1.54) is 6.33 Å². The highest BCUT2D eigenvalue weighted by atomic mass is 127. The van der Waals surface area contributed by atoms with Crippen LogP contribution in [0.3, 0.4) is 0 Å². The van der Waals surface area contributed by atoms with Gasteiger partial charge in [0.25, 0.3) is 5.56 Å². The Hall–Kier alpha value is -0.630. The monoisotopic (exact) mass is 334 g/mol. The zero-order chi connectivity index (χ0) is 11.7. The van der Waals surface area contributed by atoms with Crippen LogP contribution in [-0.4, -0.2) is 29.1 Å². The van der Waals surface area contributed by atoms with Gasteiger partial charge in [0, 0.05) is 19.1 Å². The molecule has 0 saturated carbocycles. The van der Waals surface area contributed by atoms with Gasteiger partial charge in [-0.2, -0.15) is 0 Å². The Morgan fingerprint density at radius 3 is 3.19 bits per heavy atom. The van der Waals surface area contributed by atoms with Crippen molar-refractivity contribution in [3.63, 3.8) is 0 Å². The molecule has 5 nitrogen and oxygen atoms in total. The molecular formula is C10H15IN4O. The molecule has 6 heteroatoms. The Kier molecular flexibility index (Phi) is 3.48. The smallest absolute Gasteiger partial charge is 0.266 e. The van der Waals surface area contributed by atoms with E-state index in [1.54, 1.807) is 0 Å². The second-order valence-corrected chi connectivity index (χ2v) is 5.21. The third kappa shape index (κ3) is 1.95. The lowest BCUT2D eigenvalue weighted by molar-refractivity contribution is 0.517. The van der Waals surface area contributed by atoms with Crippen LogP contribution in [-0.2, 0) is 0 Å². The Morgan fingerprint density at radius 1 is 1.75 bits per heavy atom. The summed E-state index contributed by atoms with van der Waals surface area (Å²) in [6.07, 6.45) is 2.56. The predicted octanol–water partition coefficient (Wildman–Crippen LogP) is 0.548. The molecule has 1 aliphatic rings. The first-order valence-corrected chi connectivity index (χ1v) is 6.43. The second-order valence-electron chi connectivity index (χ2n) is 4.13. The minimum atomic E-state index is -0.0825. The van der Waals surface area contributed by atoms with Crippen LogP contribution < -0.4 is 16.2 Å². The maximum Gasteiger partial charge on any atom is 0.266 e. The normalized spacial score (nSPS) is 25.1. The summed E-state index contributed by atoms with van der Waals surface area (Å²) in [6, 6.07) is 0.294. The number of hydrogen-bond acceptors (Lipinski definition) is 4. The van der Waals surface area contributed by atoms with E-state index in [1.807, 2.05) is 22.6 Å². The van der Waals surface area contributed by atoms with E-state index in [-0.39, 0.29) is 5.56 Å². The van der Waals surface area contributed by atoms with Gasteiger partial charge in [-0.1, -0.05) is 6.92 Å². The Balaban J connectivity index is 2.37. The highest BCUT2D eigenvalue weighted by Crippen LogP contribution is 2.29. The molecule has 2 heterocycles. The average Bonchev–Trinajstić information content (AvgIpc) is 2.63. The van der Waals surface area contributed by atoms with E-state index < -0.39 is 0 Å². The van der Waals surface area contributed by atoms with Crippen LogP contribution in [0.2, 0.25) is 0 Å². The lowest BCUT2D eigenvalue weighted by Crippen LogP contribution is -2.40. The van der Waals surface area contributed by atoms with Gasteiger partial charge in [-0.25, -0.2) is 4.98 Å². The van der Waals surface area contributed by atoms with Gasteiger partial charge in [0.1, 0.15) is 9.39 Å². The van der Waals surface area contributed by atoms with Crippen molar-refractivity contribution in [2.24, 2.45) is 11.7 Å². The zero-order valence-electron chi connectivity index (χ0n) is 9.11. The summed E-state index contributed by atoms with van der Waals surface area (Å²) in [5.41, 5.74) is 5.70. The van der Waals surface area contributed by atoms with Gasteiger partial charge < -0.3 is 15.6 Å². The van der Waals surface area contributed by atoms with Crippen LogP contribution >= 0.6 is 22.6 Å². The van der Waals surface area contributed by atoms with Crippen molar-refractivity contribution < 1.29 is 0 Å². The molecule has 88 valence electrons. The van der Waals surface area contributed by atoms with Crippen molar-refractivity contribution in [2.75, 3.05) is 18.0 Å². The molecule has 0 radical (unpaired) electrons. The van der Waals surface area contributed by atoms with Gasteiger partial charge in [0.15, 0.2) is 0 Å². The van der Waals surface area contributed by atoms with Gasteiger partial charge in [0.05, 0.1) is 6.33 Å². The molecule has 1 saturated heterocycles. The topological polar surface area (TPSA) is 75.0 Å². The fourth-order valence-corrected chi connectivity index (χ4v) is 2.81. The van der Waals surface area contributed by atoms with Gasteiger partial charge in [-0.05, 0) is 34.9 Å². The van der Waals surface area contributed by atoms with Crippen LogP contribution in [0.4, 0.5) is 5.82 Å². The fourth-order valence-electron chi connectivity index (χ4n) is 2.20. The summed E-state index contributed by atoms with van der Waals surface area (Å²) < 4.78 is 0.646. The Morgan fingerprint density at radius 2 is 2.50 bits per heavy atom. The SMILES string of the molecule is CC1CCN(c2nc[nH]c(=O)c2I)C1CN. The lowest BCUT2D eigenvalue weighted by Gasteiger charge is -2.27. The maximum absolute atomic E-state index is 11.5. The number of rotatable bonds is 2. The zero-order valence-corrected chi connectivity index (χ0v) is 11.3. The van der Waals surface area contributed by atoms with Gasteiger partial charge in [-0.15, -0.1) is 0 Å². The first kappa shape index (κ1) is 11.8. The highest BCUT2D eigenvalue weighted by Gasteiger charge is 2.32. The van der Waals surface area contributed by atoms with Crippen LogP contribution in [0.5, 0.6) is 0 Å². The third-order valence-electron chi connectivity index (χ3n) is 3.17. The molecule has 2 rings (SSSR count). The Labute approximate surface area is 108 Å². The summed E-state index contributed by atoms with van der Waals surface area (Å²) in [5, 5.41) is 0. The summed E-state index contributed by atoms with van der Waals surface area (Å²) >= 11 is 2.04. The van der Waals surface area contributed by atoms with E-state index in [9.17, 15) is 4.79 Å². The van der Waals surface area contributed by atoms with Crippen molar-refractivity contribution in [3.05, 3.63) is 20.3 Å². The van der Waals surface area contributed by atoms with Crippen LogP contribution in [0.25, 0.3) is 0 Å². The molecule has 1 aromatic heterocycles. The number of nitrogens with one attached hydrogen (secondary N) is 1. The minimum absolute atomic E-state index is 0.0825. The highest BCUT2D eigenvalue weighted by molar-refractivity contribution is 14.1. The van der Waals surface area contributed by atoms with E-state index in [4.69, 9.17) is 5.73 Å². The summed E-state index contributed by atoms with van der Waals surface area (Å²) in [6.45, 7) is 3.72. The number of halogens is 1. The van der Waals surface area contributed by atoms with Gasteiger partial charge in [0.2, 0.25) is 0 Å². The number of anilines is 1. The van der Waals surface area contributed by atoms with E-state index in [0.29, 0.717) is 22.1 Å². The summed E-state index contributed by atoms with van der Waals surface area (Å²) in [4.78, 5) is 20.5. The molecule has 1 aliphatic heterocycles. The van der Waals surface area contributed by atoms with E-state index in [2.05, 4.69) is 21.8 Å². The van der Waals surface area contributed by atoms with Gasteiger partial charge >= 0.3 is 0 Å². The molecule has 1 aromatic rings. The van der Waals surface area contributed by atoms with Crippen LogP contribution in [0, 0.1) is 9.49 Å². The molecule has 0 aromatic carbocycles. The lowest BCUT2D eigenvalue weighted by atomic mass is 10.0.